The fourth-order valence-electron chi connectivity index (χ4n) is 10.7. The number of fused-ring (bicyclic) bond motifs is 4. The highest BCUT2D eigenvalue weighted by atomic mass is 32.2. The number of hydrogen-bond acceptors (Lipinski definition) is 7. The average Bonchev–Trinajstić information content (AvgIpc) is 3.81. The predicted molar refractivity (Wildman–Crippen MR) is 317 cm³/mol. The van der Waals surface area contributed by atoms with Gasteiger partial charge >= 0.3 is 0 Å². The van der Waals surface area contributed by atoms with Gasteiger partial charge in [-0.2, -0.15) is 0 Å². The molecule has 75 heavy (non-hydrogen) atoms. The first-order valence-corrected chi connectivity index (χ1v) is 26.9. The summed E-state index contributed by atoms with van der Waals surface area (Å²) in [4.78, 5) is 17.5. The minimum absolute atomic E-state index is 0.344. The number of allylic oxidation sites excluding steroid dienone is 4. The number of rotatable bonds is 12. The van der Waals surface area contributed by atoms with Crippen molar-refractivity contribution in [2.24, 2.45) is 21.6 Å². The molecule has 3 N–H and O–H groups in total. The third-order valence-corrected chi connectivity index (χ3v) is 15.8. The van der Waals surface area contributed by atoms with E-state index >= 15 is 0 Å². The monoisotopic (exact) mass is 993 g/mol. The Bertz CT molecular complexity index is 3790. The van der Waals surface area contributed by atoms with Crippen molar-refractivity contribution in [3.8, 4) is 5.69 Å². The standard InChI is InChI=1S/C67H59N7S/c1-45-33-35-48(36-34-45)44-72(53-25-11-6-12-26-53)61-42-58-57-29-13-15-30-59(57)74(54-39-37-49(38-40-54)63-32-17-19-46(2)56-28-14-16-31-64(56)75-63)60(58)43-62(61)73(47(3)68)55-27-18-24-52(41-55)67-70-65(50-20-7-4-8-21-50)69-66(71-67)51-22-9-5-10-23-51/h4-12,14,16,18,20-33,35-43,45,65H,2-3,13,15,17,19,34,44,68H2,1H3,(H,69,70,71)/b63-32-. The van der Waals surface area contributed by atoms with Crippen LogP contribution in [-0.2, 0) is 0 Å². The van der Waals surface area contributed by atoms with E-state index in [2.05, 4.69) is 216 Å². The lowest BCUT2D eigenvalue weighted by Crippen LogP contribution is -2.33. The molecule has 8 aromatic rings. The van der Waals surface area contributed by atoms with Crippen LogP contribution in [0.15, 0.2) is 240 Å². The van der Waals surface area contributed by atoms with E-state index in [1.165, 1.54) is 48.0 Å². The molecule has 2 aliphatic heterocycles. The van der Waals surface area contributed by atoms with Gasteiger partial charge < -0.3 is 20.5 Å². The van der Waals surface area contributed by atoms with Crippen LogP contribution in [0, 0.1) is 5.92 Å². The first-order valence-electron chi connectivity index (χ1n) is 26.1. The number of para-hydroxylation sites is 1. The number of nitrogens with one attached hydrogen (secondary N) is 1. The Morgan fingerprint density at radius 2 is 1.44 bits per heavy atom. The number of anilines is 4. The molecule has 368 valence electrons. The number of aliphatic imine (C=N–C) groups is 2. The minimum atomic E-state index is -0.344. The van der Waals surface area contributed by atoms with Crippen LogP contribution in [0.5, 0.6) is 0 Å². The topological polar surface area (TPSA) is 74.2 Å². The smallest absolute Gasteiger partial charge is 0.159 e. The van der Waals surface area contributed by atoms with Gasteiger partial charge in [-0.3, -0.25) is 4.90 Å². The van der Waals surface area contributed by atoms with Gasteiger partial charge in [-0.05, 0) is 120 Å². The summed E-state index contributed by atoms with van der Waals surface area (Å²) in [5.41, 5.74) is 21.0. The molecule has 0 saturated carbocycles. The lowest BCUT2D eigenvalue weighted by Gasteiger charge is -2.34. The average molecular weight is 994 g/mol. The van der Waals surface area contributed by atoms with Gasteiger partial charge in [0.25, 0.3) is 0 Å². The second kappa shape index (κ2) is 20.7. The van der Waals surface area contributed by atoms with Gasteiger partial charge in [0.1, 0.15) is 17.8 Å². The normalized spacial score (nSPS) is 17.7. The molecule has 0 saturated heterocycles. The van der Waals surface area contributed by atoms with E-state index < -0.39 is 0 Å². The van der Waals surface area contributed by atoms with Crippen molar-refractivity contribution in [1.82, 2.24) is 9.88 Å². The van der Waals surface area contributed by atoms with Crippen molar-refractivity contribution in [2.45, 2.75) is 50.1 Å². The van der Waals surface area contributed by atoms with Gasteiger partial charge in [0, 0.05) is 60.5 Å². The predicted octanol–water partition coefficient (Wildman–Crippen LogP) is 14.6. The molecule has 7 aromatic carbocycles. The highest BCUT2D eigenvalue weighted by Crippen LogP contribution is 2.44. The first-order chi connectivity index (χ1) is 36.8. The largest absolute Gasteiger partial charge is 0.385 e. The van der Waals surface area contributed by atoms with Crippen LogP contribution in [0.1, 0.15) is 73.0 Å². The number of aromatic nitrogens is 1. The molecule has 2 aliphatic carbocycles. The number of amidine groups is 2. The molecule has 2 atom stereocenters. The second-order valence-electron chi connectivity index (χ2n) is 19.7. The Kier molecular flexibility index (Phi) is 13.1. The van der Waals surface area contributed by atoms with Crippen LogP contribution in [0.4, 0.5) is 22.7 Å². The Labute approximate surface area is 444 Å². The molecular weight excluding hydrogens is 935 g/mol. The summed E-state index contributed by atoms with van der Waals surface area (Å²) >= 11 is 1.83. The van der Waals surface area contributed by atoms with Crippen molar-refractivity contribution in [3.05, 3.63) is 263 Å². The van der Waals surface area contributed by atoms with Crippen molar-refractivity contribution in [2.75, 3.05) is 16.3 Å². The molecule has 0 amide bonds. The molecule has 0 spiro atoms. The summed E-state index contributed by atoms with van der Waals surface area (Å²) < 4.78 is 2.44. The van der Waals surface area contributed by atoms with Gasteiger partial charge in [-0.1, -0.05) is 190 Å². The summed E-state index contributed by atoms with van der Waals surface area (Å²) in [5, 5.41) is 7.23. The number of benzene rings is 7. The van der Waals surface area contributed by atoms with E-state index in [0.717, 1.165) is 88.6 Å². The van der Waals surface area contributed by atoms with Gasteiger partial charge in [0.2, 0.25) is 0 Å². The van der Waals surface area contributed by atoms with Gasteiger partial charge in [-0.25, -0.2) is 9.98 Å². The molecule has 0 fully saturated rings. The van der Waals surface area contributed by atoms with E-state index in [9.17, 15) is 0 Å². The van der Waals surface area contributed by atoms with Crippen LogP contribution < -0.4 is 31.4 Å². The van der Waals surface area contributed by atoms with Crippen LogP contribution in [0.2, 0.25) is 0 Å². The highest BCUT2D eigenvalue weighted by Gasteiger charge is 2.27. The maximum Gasteiger partial charge on any atom is 0.159 e. The lowest BCUT2D eigenvalue weighted by atomic mass is 9.98. The van der Waals surface area contributed by atoms with Crippen LogP contribution >= 0.6 is 11.8 Å². The zero-order valence-electron chi connectivity index (χ0n) is 42.2. The Morgan fingerprint density at radius 1 is 0.720 bits per heavy atom. The summed E-state index contributed by atoms with van der Waals surface area (Å²) in [7, 11) is 0. The highest BCUT2D eigenvalue weighted by molar-refractivity contribution is 8.08. The second-order valence-corrected chi connectivity index (χ2v) is 20.8. The lowest BCUT2D eigenvalue weighted by molar-refractivity contribution is 0.674. The van der Waals surface area contributed by atoms with E-state index in [0.29, 0.717) is 24.1 Å². The van der Waals surface area contributed by atoms with E-state index in [1.807, 2.05) is 48.2 Å². The summed E-state index contributed by atoms with van der Waals surface area (Å²) in [5.74, 6) is 2.26. The van der Waals surface area contributed by atoms with Gasteiger partial charge in [0.15, 0.2) is 5.84 Å². The quantitative estimate of drug-likeness (QED) is 0.128. The molecule has 7 nitrogen and oxygen atoms in total. The first kappa shape index (κ1) is 47.4. The molecular formula is C67H59N7S. The molecule has 1 aromatic heterocycles. The number of nitrogens with zero attached hydrogens (tertiary/aromatic N) is 5. The van der Waals surface area contributed by atoms with Crippen LogP contribution in [0.25, 0.3) is 39.2 Å². The third kappa shape index (κ3) is 9.61. The SMILES string of the molecule is C=C1CC/C=C(/c2ccc(-n3c4c(c5cc(N(CC6=CCC(C)C=C6)c6ccccc6)c(N(C(=C)N)c6cccc(C7=NC(c8ccccc8)NC(c8ccccc8)=N7)c6)cc53)=CCCC=4)cc2)Sc2ccccc21. The van der Waals surface area contributed by atoms with Crippen molar-refractivity contribution >= 4 is 79.7 Å². The Morgan fingerprint density at radius 3 is 2.21 bits per heavy atom. The van der Waals surface area contributed by atoms with Gasteiger partial charge in [-0.15, -0.1) is 0 Å². The third-order valence-electron chi connectivity index (χ3n) is 14.6. The van der Waals surface area contributed by atoms with Crippen molar-refractivity contribution < 1.29 is 0 Å². The van der Waals surface area contributed by atoms with E-state index in [-0.39, 0.29) is 6.17 Å². The molecule has 3 heterocycles. The maximum absolute atomic E-state index is 7.16. The molecule has 0 bridgehead atoms. The van der Waals surface area contributed by atoms with Crippen molar-refractivity contribution in [1.29, 1.82) is 0 Å². The number of nitrogens with two attached hydrogens (primary N) is 1. The molecule has 8 heteroatoms. The number of thioether (sulfide) groups is 1. The maximum atomic E-state index is 7.16. The van der Waals surface area contributed by atoms with E-state index in [4.69, 9.17) is 15.7 Å². The fraction of sp³-hybridized carbons (Fsp3) is 0.134. The Hall–Kier alpha value is -8.59. The molecule has 0 radical (unpaired) electrons. The molecule has 4 aliphatic rings. The fourth-order valence-corrected chi connectivity index (χ4v) is 11.9. The summed E-state index contributed by atoms with van der Waals surface area (Å²) in [6.07, 6.45) is 18.7. The van der Waals surface area contributed by atoms with Crippen LogP contribution in [0.3, 0.4) is 0 Å². The Balaban J connectivity index is 1.04. The zero-order chi connectivity index (χ0) is 50.8. The zero-order valence-corrected chi connectivity index (χ0v) is 43.1. The van der Waals surface area contributed by atoms with E-state index in [1.54, 1.807) is 0 Å². The molecule has 2 unspecified atom stereocenters. The van der Waals surface area contributed by atoms with Crippen LogP contribution in [-0.4, -0.2) is 22.8 Å². The van der Waals surface area contributed by atoms with Gasteiger partial charge in [0.05, 0.1) is 16.9 Å². The summed E-state index contributed by atoms with van der Waals surface area (Å²) in [6, 6.07) is 62.2. The summed E-state index contributed by atoms with van der Waals surface area (Å²) in [6.45, 7) is 11.9. The minimum Gasteiger partial charge on any atom is -0.385 e. The molecule has 12 rings (SSSR count). The number of hydrogen-bond donors (Lipinski definition) is 2. The van der Waals surface area contributed by atoms with Crippen molar-refractivity contribution in [3.63, 3.8) is 0 Å².